The quantitative estimate of drug-likeness (QED) is 0.685. The first-order valence-electron chi connectivity index (χ1n) is 10.3. The number of fused-ring (bicyclic) bond motifs is 1. The number of anilines is 2. The molecule has 0 spiro atoms. The van der Waals surface area contributed by atoms with Crippen LogP contribution in [0.5, 0.6) is 0 Å². The van der Waals surface area contributed by atoms with Crippen molar-refractivity contribution in [2.75, 3.05) is 23.3 Å². The highest BCUT2D eigenvalue weighted by Gasteiger charge is 2.19. The molecule has 1 fully saturated rings. The summed E-state index contributed by atoms with van der Waals surface area (Å²) in [5, 5.41) is 3.92. The van der Waals surface area contributed by atoms with E-state index in [0.717, 1.165) is 48.1 Å². The van der Waals surface area contributed by atoms with Gasteiger partial charge in [0.15, 0.2) is 0 Å². The van der Waals surface area contributed by atoms with Crippen LogP contribution in [0, 0.1) is 13.8 Å². The van der Waals surface area contributed by atoms with Crippen molar-refractivity contribution in [3.8, 4) is 0 Å². The Kier molecular flexibility index (Phi) is 5.40. The minimum Gasteiger partial charge on any atom is -0.370 e. The fourth-order valence-corrected chi connectivity index (χ4v) is 3.99. The van der Waals surface area contributed by atoms with Crippen LogP contribution in [0.4, 0.5) is 11.4 Å². The fraction of sp³-hybridized carbons (Fsp3) is 0.292. The van der Waals surface area contributed by atoms with E-state index in [2.05, 4.69) is 15.2 Å². The Bertz CT molecular complexity index is 1130. The highest BCUT2D eigenvalue weighted by atomic mass is 16.2. The van der Waals surface area contributed by atoms with Crippen molar-refractivity contribution in [2.24, 2.45) is 5.73 Å². The summed E-state index contributed by atoms with van der Waals surface area (Å²) < 4.78 is 0. The molecule has 2 heterocycles. The lowest BCUT2D eigenvalue weighted by molar-refractivity contribution is 0.0996. The maximum atomic E-state index is 13.2. The first kappa shape index (κ1) is 19.9. The van der Waals surface area contributed by atoms with Gasteiger partial charge in [0.05, 0.1) is 28.1 Å². The molecule has 1 aliphatic heterocycles. The molecule has 154 valence electrons. The van der Waals surface area contributed by atoms with Gasteiger partial charge in [-0.1, -0.05) is 12.1 Å². The molecule has 6 heteroatoms. The number of hydrogen-bond acceptors (Lipinski definition) is 4. The van der Waals surface area contributed by atoms with E-state index in [0.29, 0.717) is 22.5 Å². The molecule has 1 aliphatic rings. The number of rotatable bonds is 4. The number of nitrogens with two attached hydrogens (primary N) is 1. The Hall–Kier alpha value is -3.41. The van der Waals surface area contributed by atoms with Crippen molar-refractivity contribution in [3.05, 3.63) is 64.8 Å². The van der Waals surface area contributed by atoms with Crippen LogP contribution in [0.25, 0.3) is 10.9 Å². The lowest BCUT2D eigenvalue weighted by Gasteiger charge is -2.30. The van der Waals surface area contributed by atoms with Gasteiger partial charge in [-0.3, -0.25) is 14.6 Å². The van der Waals surface area contributed by atoms with Gasteiger partial charge in [-0.05, 0) is 69.0 Å². The summed E-state index contributed by atoms with van der Waals surface area (Å²) >= 11 is 0. The molecule has 6 nitrogen and oxygen atoms in total. The van der Waals surface area contributed by atoms with Gasteiger partial charge in [0.1, 0.15) is 0 Å². The molecule has 2 amide bonds. The smallest absolute Gasteiger partial charge is 0.257 e. The number of nitrogens with one attached hydrogen (secondary N) is 1. The van der Waals surface area contributed by atoms with Crippen LogP contribution in [0.15, 0.2) is 42.5 Å². The maximum absolute atomic E-state index is 13.2. The van der Waals surface area contributed by atoms with Gasteiger partial charge in [0.2, 0.25) is 5.91 Å². The summed E-state index contributed by atoms with van der Waals surface area (Å²) in [4.78, 5) is 31.7. The normalized spacial score (nSPS) is 14.0. The first-order valence-corrected chi connectivity index (χ1v) is 10.3. The first-order chi connectivity index (χ1) is 14.4. The van der Waals surface area contributed by atoms with Crippen molar-refractivity contribution >= 4 is 34.1 Å². The molecule has 1 saturated heterocycles. The molecule has 0 atom stereocenters. The summed E-state index contributed by atoms with van der Waals surface area (Å²) in [7, 11) is 0. The molecule has 30 heavy (non-hydrogen) atoms. The van der Waals surface area contributed by atoms with Crippen molar-refractivity contribution < 1.29 is 9.59 Å². The molecule has 0 saturated carbocycles. The number of aryl methyl sites for hydroxylation is 2. The number of nitrogens with zero attached hydrogens (tertiary/aromatic N) is 2. The summed E-state index contributed by atoms with van der Waals surface area (Å²) in [5.74, 6) is -0.767. The zero-order chi connectivity index (χ0) is 21.3. The van der Waals surface area contributed by atoms with Gasteiger partial charge < -0.3 is 16.0 Å². The molecule has 0 radical (unpaired) electrons. The number of hydrogen-bond donors (Lipinski definition) is 2. The Balaban J connectivity index is 1.70. The van der Waals surface area contributed by atoms with Gasteiger partial charge in [0, 0.05) is 24.0 Å². The van der Waals surface area contributed by atoms with Gasteiger partial charge in [-0.15, -0.1) is 0 Å². The molecule has 2 aromatic carbocycles. The number of amides is 2. The van der Waals surface area contributed by atoms with Crippen LogP contribution in [-0.4, -0.2) is 29.9 Å². The second-order valence-corrected chi connectivity index (χ2v) is 7.92. The highest BCUT2D eigenvalue weighted by molar-refractivity contribution is 6.09. The van der Waals surface area contributed by atoms with Gasteiger partial charge in [-0.2, -0.15) is 0 Å². The van der Waals surface area contributed by atoms with Crippen LogP contribution >= 0.6 is 0 Å². The van der Waals surface area contributed by atoms with E-state index in [1.807, 2.05) is 44.2 Å². The van der Waals surface area contributed by atoms with E-state index in [4.69, 9.17) is 5.73 Å². The monoisotopic (exact) mass is 402 g/mol. The van der Waals surface area contributed by atoms with Crippen LogP contribution in [-0.2, 0) is 0 Å². The van der Waals surface area contributed by atoms with Crippen LogP contribution in [0.3, 0.4) is 0 Å². The number of benzene rings is 2. The minimum atomic E-state index is -0.519. The molecule has 3 aromatic rings. The number of piperidine rings is 1. The Labute approximate surface area is 176 Å². The number of primary amides is 1. The minimum absolute atomic E-state index is 0.248. The fourth-order valence-electron chi connectivity index (χ4n) is 3.99. The molecule has 3 N–H and O–H groups in total. The summed E-state index contributed by atoms with van der Waals surface area (Å²) in [6, 6.07) is 13.1. The van der Waals surface area contributed by atoms with Crippen molar-refractivity contribution in [2.45, 2.75) is 33.1 Å². The molecular formula is C24H26N4O2. The molecular weight excluding hydrogens is 376 g/mol. The van der Waals surface area contributed by atoms with Crippen molar-refractivity contribution in [1.82, 2.24) is 4.98 Å². The SMILES string of the molecule is Cc1ccc2cc(C(=O)Nc3cc(C(N)=O)ccc3N3CCCCC3)c(C)nc2c1. The van der Waals surface area contributed by atoms with E-state index in [9.17, 15) is 9.59 Å². The third kappa shape index (κ3) is 3.99. The van der Waals surface area contributed by atoms with E-state index < -0.39 is 5.91 Å². The third-order valence-corrected chi connectivity index (χ3v) is 5.63. The van der Waals surface area contributed by atoms with E-state index in [1.165, 1.54) is 6.42 Å². The second-order valence-electron chi connectivity index (χ2n) is 7.92. The summed E-state index contributed by atoms with van der Waals surface area (Å²) in [6.45, 7) is 5.70. The van der Waals surface area contributed by atoms with Crippen LogP contribution in [0.2, 0.25) is 0 Å². The molecule has 0 bridgehead atoms. The molecule has 4 rings (SSSR count). The summed E-state index contributed by atoms with van der Waals surface area (Å²) in [5.41, 5.74) is 10.5. The zero-order valence-corrected chi connectivity index (χ0v) is 17.4. The molecule has 0 unspecified atom stereocenters. The van der Waals surface area contributed by atoms with Crippen molar-refractivity contribution in [1.29, 1.82) is 0 Å². The lowest BCUT2D eigenvalue weighted by Crippen LogP contribution is -2.30. The van der Waals surface area contributed by atoms with Gasteiger partial charge in [-0.25, -0.2) is 0 Å². The van der Waals surface area contributed by atoms with E-state index >= 15 is 0 Å². The van der Waals surface area contributed by atoms with E-state index in [-0.39, 0.29) is 5.91 Å². The summed E-state index contributed by atoms with van der Waals surface area (Å²) in [6.07, 6.45) is 3.43. The zero-order valence-electron chi connectivity index (χ0n) is 17.4. The number of carbonyl (C=O) groups excluding carboxylic acids is 2. The molecule has 1 aromatic heterocycles. The van der Waals surface area contributed by atoms with Crippen LogP contribution < -0.4 is 16.0 Å². The Morgan fingerprint density at radius 3 is 2.50 bits per heavy atom. The Morgan fingerprint density at radius 1 is 1.00 bits per heavy atom. The van der Waals surface area contributed by atoms with Gasteiger partial charge >= 0.3 is 0 Å². The predicted octanol–water partition coefficient (Wildman–Crippen LogP) is 4.19. The number of pyridine rings is 1. The van der Waals surface area contributed by atoms with Gasteiger partial charge in [0.25, 0.3) is 5.91 Å². The lowest BCUT2D eigenvalue weighted by atomic mass is 10.1. The maximum Gasteiger partial charge on any atom is 0.257 e. The number of carbonyl (C=O) groups is 2. The topological polar surface area (TPSA) is 88.3 Å². The predicted molar refractivity (Wildman–Crippen MR) is 120 cm³/mol. The Morgan fingerprint density at radius 2 is 1.77 bits per heavy atom. The third-order valence-electron chi connectivity index (χ3n) is 5.63. The average Bonchev–Trinajstić information content (AvgIpc) is 2.73. The molecule has 0 aliphatic carbocycles. The van der Waals surface area contributed by atoms with E-state index in [1.54, 1.807) is 12.1 Å². The largest absolute Gasteiger partial charge is 0.370 e. The average molecular weight is 402 g/mol. The van der Waals surface area contributed by atoms with Crippen molar-refractivity contribution in [3.63, 3.8) is 0 Å². The number of aromatic nitrogens is 1. The second kappa shape index (κ2) is 8.14. The standard InChI is InChI=1S/C24H26N4O2/c1-15-6-7-17-13-19(16(2)26-20(17)12-15)24(30)27-21-14-18(23(25)29)8-9-22(21)28-10-4-3-5-11-28/h6-9,12-14H,3-5,10-11H2,1-2H3,(H2,25,29)(H,27,30). The highest BCUT2D eigenvalue weighted by Crippen LogP contribution is 2.30. The van der Waals surface area contributed by atoms with Crippen LogP contribution in [0.1, 0.15) is 51.2 Å².